The fraction of sp³-hybridized carbons (Fsp3) is 0.560. The molecule has 2 N–H and O–H groups in total. The van der Waals surface area contributed by atoms with Gasteiger partial charge in [0.1, 0.15) is 0 Å². The largest absolute Gasteiger partial charge is 0.356 e. The Labute approximate surface area is 192 Å². The van der Waals surface area contributed by atoms with Crippen LogP contribution in [0.2, 0.25) is 0 Å². The van der Waals surface area contributed by atoms with Crippen molar-refractivity contribution in [2.45, 2.75) is 45.8 Å². The Morgan fingerprint density at radius 2 is 1.90 bits per heavy atom. The molecule has 2 unspecified atom stereocenters. The van der Waals surface area contributed by atoms with Crippen LogP contribution in [0.3, 0.4) is 0 Å². The van der Waals surface area contributed by atoms with Crippen LogP contribution in [-0.2, 0) is 13.1 Å². The maximum absolute atomic E-state index is 4.49. The van der Waals surface area contributed by atoms with Crippen molar-refractivity contribution in [2.75, 3.05) is 40.3 Å². The lowest BCUT2D eigenvalue weighted by molar-refractivity contribution is 0.125. The molecule has 1 aromatic carbocycles. The van der Waals surface area contributed by atoms with Gasteiger partial charge in [0.05, 0.1) is 0 Å². The molecule has 1 saturated heterocycles. The number of likely N-dealkylation sites (tertiary alicyclic amines) is 1. The van der Waals surface area contributed by atoms with Crippen LogP contribution >= 0.6 is 11.3 Å². The number of thiophene rings is 1. The molecule has 0 spiro atoms. The summed E-state index contributed by atoms with van der Waals surface area (Å²) in [7, 11) is 4.12. The molecule has 1 aromatic heterocycles. The fourth-order valence-corrected chi connectivity index (χ4v) is 5.57. The first kappa shape index (κ1) is 23.8. The molecule has 170 valence electrons. The van der Waals surface area contributed by atoms with Gasteiger partial charge in [0, 0.05) is 37.6 Å². The monoisotopic (exact) mass is 441 g/mol. The molecule has 3 rings (SSSR count). The highest BCUT2D eigenvalue weighted by atomic mass is 32.1. The Morgan fingerprint density at radius 3 is 2.58 bits per heavy atom. The highest BCUT2D eigenvalue weighted by molar-refractivity contribution is 7.10. The number of hydrogen-bond donors (Lipinski definition) is 2. The van der Waals surface area contributed by atoms with Gasteiger partial charge in [-0.15, -0.1) is 11.3 Å². The van der Waals surface area contributed by atoms with E-state index in [1.54, 1.807) is 0 Å². The van der Waals surface area contributed by atoms with Gasteiger partial charge in [0.15, 0.2) is 5.96 Å². The number of aliphatic imine (C=N–C) groups is 1. The molecule has 2 aromatic rings. The third-order valence-corrected chi connectivity index (χ3v) is 7.39. The van der Waals surface area contributed by atoms with Crippen LogP contribution in [0.5, 0.6) is 0 Å². The topological polar surface area (TPSA) is 42.9 Å². The first-order valence-electron chi connectivity index (χ1n) is 11.6. The van der Waals surface area contributed by atoms with Crippen LogP contribution in [0.1, 0.15) is 48.7 Å². The van der Waals surface area contributed by atoms with E-state index in [0.717, 1.165) is 38.7 Å². The van der Waals surface area contributed by atoms with Gasteiger partial charge < -0.3 is 10.6 Å². The Balaban J connectivity index is 1.58. The predicted octanol–water partition coefficient (Wildman–Crippen LogP) is 4.34. The van der Waals surface area contributed by atoms with Gasteiger partial charge in [-0.25, -0.2) is 0 Å². The van der Waals surface area contributed by atoms with Gasteiger partial charge >= 0.3 is 0 Å². The summed E-state index contributed by atoms with van der Waals surface area (Å²) in [5.41, 5.74) is 2.73. The second-order valence-corrected chi connectivity index (χ2v) is 9.36. The highest BCUT2D eigenvalue weighted by Gasteiger charge is 2.31. The van der Waals surface area contributed by atoms with Crippen molar-refractivity contribution in [3.63, 3.8) is 0 Å². The van der Waals surface area contributed by atoms with Crippen molar-refractivity contribution in [3.05, 3.63) is 57.8 Å². The van der Waals surface area contributed by atoms with Crippen molar-refractivity contribution in [1.82, 2.24) is 20.4 Å². The smallest absolute Gasteiger partial charge is 0.191 e. The predicted molar refractivity (Wildman–Crippen MR) is 134 cm³/mol. The SMILES string of the molecule is CCN(CC)Cc1ccccc1CNC(=NC)NCC1CCCN(C)C1c1cccs1. The van der Waals surface area contributed by atoms with Crippen LogP contribution in [0, 0.1) is 5.92 Å². The average molecular weight is 442 g/mol. The molecule has 1 aliphatic rings. The van der Waals surface area contributed by atoms with E-state index in [4.69, 9.17) is 0 Å². The number of rotatable bonds is 9. The van der Waals surface area contributed by atoms with E-state index in [-0.39, 0.29) is 0 Å². The van der Waals surface area contributed by atoms with Gasteiger partial charge in [0.25, 0.3) is 0 Å². The van der Waals surface area contributed by atoms with Gasteiger partial charge in [-0.2, -0.15) is 0 Å². The van der Waals surface area contributed by atoms with E-state index in [1.807, 2.05) is 18.4 Å². The van der Waals surface area contributed by atoms with E-state index in [1.165, 1.54) is 35.4 Å². The van der Waals surface area contributed by atoms with Crippen molar-refractivity contribution in [2.24, 2.45) is 10.9 Å². The van der Waals surface area contributed by atoms with Gasteiger partial charge in [-0.1, -0.05) is 44.2 Å². The summed E-state index contributed by atoms with van der Waals surface area (Å²) in [4.78, 5) is 10.9. The summed E-state index contributed by atoms with van der Waals surface area (Å²) in [6.07, 6.45) is 2.51. The minimum absolute atomic E-state index is 0.495. The summed E-state index contributed by atoms with van der Waals surface area (Å²) in [6, 6.07) is 13.7. The number of guanidine groups is 1. The molecule has 1 fully saturated rings. The van der Waals surface area contributed by atoms with Gasteiger partial charge in [-0.05, 0) is 68.0 Å². The normalized spacial score (nSPS) is 20.2. The lowest BCUT2D eigenvalue weighted by Gasteiger charge is -2.39. The van der Waals surface area contributed by atoms with Crippen molar-refractivity contribution < 1.29 is 0 Å². The quantitative estimate of drug-likeness (QED) is 0.449. The van der Waals surface area contributed by atoms with E-state index < -0.39 is 0 Å². The first-order valence-corrected chi connectivity index (χ1v) is 12.5. The van der Waals surface area contributed by atoms with Crippen LogP contribution in [0.4, 0.5) is 0 Å². The van der Waals surface area contributed by atoms with Crippen molar-refractivity contribution in [3.8, 4) is 0 Å². The third kappa shape index (κ3) is 6.55. The van der Waals surface area contributed by atoms with Crippen LogP contribution in [0.15, 0.2) is 46.8 Å². The second kappa shape index (κ2) is 12.2. The number of benzene rings is 1. The zero-order chi connectivity index (χ0) is 22.1. The molecule has 0 aliphatic carbocycles. The lowest BCUT2D eigenvalue weighted by atomic mass is 9.88. The number of nitrogens with one attached hydrogen (secondary N) is 2. The van der Waals surface area contributed by atoms with Crippen molar-refractivity contribution >= 4 is 17.3 Å². The van der Waals surface area contributed by atoms with Crippen molar-refractivity contribution in [1.29, 1.82) is 0 Å². The lowest BCUT2D eigenvalue weighted by Crippen LogP contribution is -2.44. The average Bonchev–Trinajstić information content (AvgIpc) is 3.32. The summed E-state index contributed by atoms with van der Waals surface area (Å²) in [5.74, 6) is 1.47. The van der Waals surface area contributed by atoms with E-state index in [9.17, 15) is 0 Å². The Hall–Kier alpha value is -1.89. The third-order valence-electron chi connectivity index (χ3n) is 6.45. The molecule has 2 heterocycles. The zero-order valence-corrected chi connectivity index (χ0v) is 20.4. The van der Waals surface area contributed by atoms with Gasteiger partial charge in [0.2, 0.25) is 0 Å². The minimum Gasteiger partial charge on any atom is -0.356 e. The standard InChI is InChI=1S/C25H39N5S/c1-5-30(6-2)19-22-12-8-7-11-20(22)17-27-25(26-3)28-18-21-13-9-15-29(4)24(21)23-14-10-16-31-23/h7-8,10-12,14,16,21,24H,5-6,9,13,15,17-19H2,1-4H3,(H2,26,27,28). The number of hydrogen-bond acceptors (Lipinski definition) is 4. The van der Waals surface area contributed by atoms with Crippen LogP contribution in [0.25, 0.3) is 0 Å². The molecule has 0 radical (unpaired) electrons. The zero-order valence-electron chi connectivity index (χ0n) is 19.6. The molecule has 31 heavy (non-hydrogen) atoms. The fourth-order valence-electron chi connectivity index (χ4n) is 4.58. The Bertz CT molecular complexity index is 800. The molecule has 0 bridgehead atoms. The molecule has 0 saturated carbocycles. The second-order valence-electron chi connectivity index (χ2n) is 8.38. The Morgan fingerprint density at radius 1 is 1.13 bits per heavy atom. The van der Waals surface area contributed by atoms with E-state index in [2.05, 4.69) is 88.1 Å². The summed E-state index contributed by atoms with van der Waals surface area (Å²) in [6.45, 7) is 10.5. The molecule has 6 heteroatoms. The summed E-state index contributed by atoms with van der Waals surface area (Å²) < 4.78 is 0. The molecule has 5 nitrogen and oxygen atoms in total. The number of piperidine rings is 1. The molecule has 2 atom stereocenters. The molecular formula is C25H39N5S. The first-order chi connectivity index (χ1) is 15.2. The number of nitrogens with zero attached hydrogens (tertiary/aromatic N) is 3. The summed E-state index contributed by atoms with van der Waals surface area (Å²) in [5, 5.41) is 9.35. The van der Waals surface area contributed by atoms with Crippen LogP contribution < -0.4 is 10.6 Å². The van der Waals surface area contributed by atoms with Crippen LogP contribution in [-0.4, -0.2) is 56.0 Å². The maximum atomic E-state index is 4.49. The molecular weight excluding hydrogens is 402 g/mol. The van der Waals surface area contributed by atoms with E-state index >= 15 is 0 Å². The Kier molecular flexibility index (Phi) is 9.37. The maximum Gasteiger partial charge on any atom is 0.191 e. The van der Waals surface area contributed by atoms with E-state index in [0.29, 0.717) is 12.0 Å². The highest BCUT2D eigenvalue weighted by Crippen LogP contribution is 2.36. The molecule has 1 aliphatic heterocycles. The van der Waals surface area contributed by atoms with Gasteiger partial charge in [-0.3, -0.25) is 14.8 Å². The molecule has 0 amide bonds. The summed E-state index contributed by atoms with van der Waals surface area (Å²) >= 11 is 1.88. The minimum atomic E-state index is 0.495.